The van der Waals surface area contributed by atoms with Crippen LogP contribution < -0.4 is 5.32 Å². The molecular formula is C17H21FN2O3. The van der Waals surface area contributed by atoms with Gasteiger partial charge in [-0.05, 0) is 30.4 Å². The first kappa shape index (κ1) is 14.9. The fraction of sp³-hybridized carbons (Fsp3) is 0.588. The number of amides is 2. The number of carbonyl (C=O) groups is 1. The van der Waals surface area contributed by atoms with Crippen molar-refractivity contribution in [2.24, 2.45) is 0 Å². The van der Waals surface area contributed by atoms with Gasteiger partial charge < -0.3 is 19.7 Å². The second-order valence-corrected chi connectivity index (χ2v) is 6.61. The maximum atomic E-state index is 13.9. The number of ether oxygens (including phenoxy) is 2. The minimum atomic E-state index is -0.262. The molecule has 0 spiro atoms. The quantitative estimate of drug-likeness (QED) is 0.927. The zero-order chi connectivity index (χ0) is 15.8. The number of morpholine rings is 1. The molecule has 2 heterocycles. The van der Waals surface area contributed by atoms with Crippen LogP contribution >= 0.6 is 0 Å². The van der Waals surface area contributed by atoms with Crippen molar-refractivity contribution in [3.63, 3.8) is 0 Å². The number of fused-ring (bicyclic) bond motifs is 2. The maximum absolute atomic E-state index is 13.9. The van der Waals surface area contributed by atoms with E-state index in [2.05, 4.69) is 5.32 Å². The van der Waals surface area contributed by atoms with E-state index >= 15 is 0 Å². The standard InChI is InChI=1S/C17H21FN2O3/c18-16-4-3-12(11-1-2-11)5-13(16)6-19-17(21)20-7-14-9-22-10-15(8-20)23-14/h3-5,11,14-15H,1-2,6-10H2,(H,19,21). The van der Waals surface area contributed by atoms with E-state index in [1.807, 2.05) is 12.1 Å². The number of urea groups is 1. The highest BCUT2D eigenvalue weighted by Crippen LogP contribution is 2.40. The molecule has 124 valence electrons. The minimum absolute atomic E-state index is 0.0526. The lowest BCUT2D eigenvalue weighted by Gasteiger charge is -2.41. The van der Waals surface area contributed by atoms with E-state index in [4.69, 9.17) is 9.47 Å². The fourth-order valence-corrected chi connectivity index (χ4v) is 3.29. The number of halogens is 1. The Morgan fingerprint density at radius 2 is 2.00 bits per heavy atom. The summed E-state index contributed by atoms with van der Waals surface area (Å²) in [4.78, 5) is 14.1. The molecule has 2 amide bonds. The number of nitrogens with zero attached hydrogens (tertiary/aromatic N) is 1. The van der Waals surface area contributed by atoms with Gasteiger partial charge in [-0.3, -0.25) is 0 Å². The first-order valence-electron chi connectivity index (χ1n) is 8.23. The molecule has 3 fully saturated rings. The van der Waals surface area contributed by atoms with Crippen LogP contribution in [0.4, 0.5) is 9.18 Å². The molecular weight excluding hydrogens is 299 g/mol. The van der Waals surface area contributed by atoms with Gasteiger partial charge in [0.15, 0.2) is 0 Å². The molecule has 2 aliphatic heterocycles. The molecule has 2 atom stereocenters. The third kappa shape index (κ3) is 3.33. The molecule has 23 heavy (non-hydrogen) atoms. The van der Waals surface area contributed by atoms with Gasteiger partial charge in [0.1, 0.15) is 5.82 Å². The smallest absolute Gasteiger partial charge is 0.317 e. The van der Waals surface area contributed by atoms with Crippen molar-refractivity contribution < 1.29 is 18.7 Å². The summed E-state index contributed by atoms with van der Waals surface area (Å²) < 4.78 is 25.1. The molecule has 2 saturated heterocycles. The molecule has 4 rings (SSSR count). The Morgan fingerprint density at radius 3 is 2.70 bits per heavy atom. The molecule has 2 bridgehead atoms. The Balaban J connectivity index is 1.37. The van der Waals surface area contributed by atoms with E-state index in [0.717, 1.165) is 0 Å². The average molecular weight is 320 g/mol. The lowest BCUT2D eigenvalue weighted by Crippen LogP contribution is -2.57. The van der Waals surface area contributed by atoms with Crippen LogP contribution in [0.2, 0.25) is 0 Å². The van der Waals surface area contributed by atoms with Crippen molar-refractivity contribution in [3.05, 3.63) is 35.1 Å². The van der Waals surface area contributed by atoms with E-state index in [-0.39, 0.29) is 30.6 Å². The van der Waals surface area contributed by atoms with Crippen LogP contribution in [0, 0.1) is 5.82 Å². The third-order valence-corrected chi connectivity index (χ3v) is 4.68. The van der Waals surface area contributed by atoms with Gasteiger partial charge in [-0.25, -0.2) is 9.18 Å². The Labute approximate surface area is 134 Å². The van der Waals surface area contributed by atoms with Crippen LogP contribution in [0.1, 0.15) is 29.9 Å². The average Bonchev–Trinajstić information content (AvgIpc) is 3.38. The molecule has 1 aromatic carbocycles. The van der Waals surface area contributed by atoms with Gasteiger partial charge in [0.25, 0.3) is 0 Å². The van der Waals surface area contributed by atoms with Gasteiger partial charge in [0.05, 0.1) is 38.5 Å². The summed E-state index contributed by atoms with van der Waals surface area (Å²) in [7, 11) is 0. The zero-order valence-corrected chi connectivity index (χ0v) is 13.0. The summed E-state index contributed by atoms with van der Waals surface area (Å²) in [6.07, 6.45) is 2.25. The number of carbonyl (C=O) groups excluding carboxylic acids is 1. The van der Waals surface area contributed by atoms with Crippen LogP contribution in [-0.4, -0.2) is 49.4 Å². The minimum Gasteiger partial charge on any atom is -0.376 e. The van der Waals surface area contributed by atoms with E-state index in [1.165, 1.54) is 24.5 Å². The van der Waals surface area contributed by atoms with Crippen molar-refractivity contribution in [2.45, 2.75) is 37.5 Å². The lowest BCUT2D eigenvalue weighted by molar-refractivity contribution is -0.171. The second-order valence-electron chi connectivity index (χ2n) is 6.61. The topological polar surface area (TPSA) is 50.8 Å². The molecule has 0 aromatic heterocycles. The molecule has 5 nitrogen and oxygen atoms in total. The van der Waals surface area contributed by atoms with Crippen molar-refractivity contribution in [1.82, 2.24) is 10.2 Å². The SMILES string of the molecule is O=C(NCc1cc(C2CC2)ccc1F)N1CC2COCC(C1)O2. The van der Waals surface area contributed by atoms with Gasteiger partial charge in [-0.15, -0.1) is 0 Å². The molecule has 1 aromatic rings. The highest BCUT2D eigenvalue weighted by molar-refractivity contribution is 5.74. The highest BCUT2D eigenvalue weighted by atomic mass is 19.1. The zero-order valence-electron chi connectivity index (χ0n) is 13.0. The van der Waals surface area contributed by atoms with Gasteiger partial charge in [0, 0.05) is 12.1 Å². The number of hydrogen-bond acceptors (Lipinski definition) is 3. The molecule has 1 aliphatic carbocycles. The first-order valence-corrected chi connectivity index (χ1v) is 8.23. The Kier molecular flexibility index (Phi) is 3.95. The van der Waals surface area contributed by atoms with Crippen LogP contribution in [-0.2, 0) is 16.0 Å². The Morgan fingerprint density at radius 1 is 1.26 bits per heavy atom. The van der Waals surface area contributed by atoms with Crippen LogP contribution in [0.5, 0.6) is 0 Å². The molecule has 6 heteroatoms. The number of hydrogen-bond donors (Lipinski definition) is 1. The van der Waals surface area contributed by atoms with Crippen molar-refractivity contribution in [1.29, 1.82) is 0 Å². The number of rotatable bonds is 3. The molecule has 3 aliphatic rings. The van der Waals surface area contributed by atoms with Gasteiger partial charge in [0.2, 0.25) is 0 Å². The van der Waals surface area contributed by atoms with Gasteiger partial charge in [-0.1, -0.05) is 12.1 Å². The van der Waals surface area contributed by atoms with Gasteiger partial charge in [-0.2, -0.15) is 0 Å². The highest BCUT2D eigenvalue weighted by Gasteiger charge is 2.34. The van der Waals surface area contributed by atoms with Crippen molar-refractivity contribution in [2.75, 3.05) is 26.3 Å². The maximum Gasteiger partial charge on any atom is 0.317 e. The van der Waals surface area contributed by atoms with Crippen LogP contribution in [0.3, 0.4) is 0 Å². The summed E-state index contributed by atoms with van der Waals surface area (Å²) in [5.74, 6) is 0.311. The second kappa shape index (κ2) is 6.09. The van der Waals surface area contributed by atoms with Gasteiger partial charge >= 0.3 is 6.03 Å². The summed E-state index contributed by atoms with van der Waals surface area (Å²) in [6, 6.07) is 5.07. The molecule has 1 saturated carbocycles. The molecule has 0 radical (unpaired) electrons. The predicted octanol–water partition coefficient (Wildman–Crippen LogP) is 2.01. The lowest BCUT2D eigenvalue weighted by atomic mass is 10.1. The summed E-state index contributed by atoms with van der Waals surface area (Å²) >= 11 is 0. The predicted molar refractivity (Wildman–Crippen MR) is 81.7 cm³/mol. The third-order valence-electron chi connectivity index (χ3n) is 4.68. The summed E-state index contributed by atoms with van der Waals surface area (Å²) in [6.45, 7) is 2.31. The Bertz CT molecular complexity index is 594. The Hall–Kier alpha value is -1.66. The largest absolute Gasteiger partial charge is 0.376 e. The first-order chi connectivity index (χ1) is 11.2. The van der Waals surface area contributed by atoms with E-state index in [9.17, 15) is 9.18 Å². The fourth-order valence-electron chi connectivity index (χ4n) is 3.29. The summed E-state index contributed by atoms with van der Waals surface area (Å²) in [5, 5.41) is 2.84. The molecule has 2 unspecified atom stereocenters. The monoisotopic (exact) mass is 320 g/mol. The van der Waals surface area contributed by atoms with Crippen LogP contribution in [0.15, 0.2) is 18.2 Å². The van der Waals surface area contributed by atoms with E-state index < -0.39 is 0 Å². The summed E-state index contributed by atoms with van der Waals surface area (Å²) in [5.41, 5.74) is 1.73. The van der Waals surface area contributed by atoms with E-state index in [1.54, 1.807) is 4.90 Å². The van der Waals surface area contributed by atoms with Crippen LogP contribution in [0.25, 0.3) is 0 Å². The van der Waals surface area contributed by atoms with Crippen molar-refractivity contribution in [3.8, 4) is 0 Å². The normalized spacial score (nSPS) is 26.9. The number of benzene rings is 1. The van der Waals surface area contributed by atoms with Crippen molar-refractivity contribution >= 4 is 6.03 Å². The number of nitrogens with one attached hydrogen (secondary N) is 1. The van der Waals surface area contributed by atoms with E-state index in [0.29, 0.717) is 37.8 Å². The molecule has 1 N–H and O–H groups in total.